The average molecular weight is 637 g/mol. The van der Waals surface area contributed by atoms with Crippen LogP contribution >= 0.6 is 11.8 Å². The Labute approximate surface area is 262 Å². The molecule has 0 aliphatic carbocycles. The van der Waals surface area contributed by atoms with Gasteiger partial charge in [0.05, 0.1) is 17.1 Å². The van der Waals surface area contributed by atoms with E-state index in [1.165, 1.54) is 47.0 Å². The number of nitrogens with one attached hydrogen (secondary N) is 1. The second-order valence-electron chi connectivity index (χ2n) is 10.7. The van der Waals surface area contributed by atoms with Crippen molar-refractivity contribution in [3.63, 3.8) is 0 Å². The molecule has 0 saturated carbocycles. The number of aryl methyl sites for hydroxylation is 2. The minimum atomic E-state index is -4.76. The standard InChI is InChI=1S/C32H31F3N6O3S/c1-20(2)26-14-9-21(3)16-27(26)41-28(42)18-45-31(41)38-30(43)36-15-5-7-22-6-4-8-23(17-22)29-37-19-40(39-29)24-10-12-25(13-11-24)44-32(33,34)35/h4,6,8-14,16-17,19-20H,5,7,15,18H2,1-3H3,(H,36,43). The van der Waals surface area contributed by atoms with Gasteiger partial charge in [0.25, 0.3) is 0 Å². The van der Waals surface area contributed by atoms with Gasteiger partial charge in [-0.05, 0) is 78.8 Å². The van der Waals surface area contributed by atoms with Crippen LogP contribution in [0.1, 0.15) is 42.9 Å². The number of hydrogen-bond donors (Lipinski definition) is 1. The van der Waals surface area contributed by atoms with Crippen LogP contribution in [0.5, 0.6) is 5.75 Å². The van der Waals surface area contributed by atoms with Crippen molar-refractivity contribution in [2.45, 2.75) is 45.9 Å². The number of rotatable bonds is 9. The number of amides is 3. The fourth-order valence-corrected chi connectivity index (χ4v) is 5.68. The molecule has 4 aromatic rings. The molecule has 0 spiro atoms. The van der Waals surface area contributed by atoms with Crippen molar-refractivity contribution >= 4 is 34.6 Å². The third-order valence-corrected chi connectivity index (χ3v) is 7.87. The number of carbonyl (C=O) groups excluding carboxylic acids is 2. The normalized spacial score (nSPS) is 14.4. The lowest BCUT2D eigenvalue weighted by Crippen LogP contribution is -2.32. The lowest BCUT2D eigenvalue weighted by Gasteiger charge is -2.22. The SMILES string of the molecule is Cc1ccc(C(C)C)c(N2C(=O)CSC2=NC(=O)NCCCc2cccc(-c3ncn(-c4ccc(OC(F)(F)F)cc4)n3)c2)c1. The lowest BCUT2D eigenvalue weighted by molar-refractivity contribution is -0.274. The van der Waals surface area contributed by atoms with E-state index in [2.05, 4.69) is 39.0 Å². The molecule has 1 fully saturated rings. The fourth-order valence-electron chi connectivity index (χ4n) is 4.82. The number of carbonyl (C=O) groups is 2. The van der Waals surface area contributed by atoms with Crippen molar-refractivity contribution in [3.05, 3.63) is 89.7 Å². The maximum atomic E-state index is 12.8. The van der Waals surface area contributed by atoms with Crippen molar-refractivity contribution in [2.24, 2.45) is 4.99 Å². The van der Waals surface area contributed by atoms with Crippen LogP contribution in [0.2, 0.25) is 0 Å². The molecular weight excluding hydrogens is 605 g/mol. The minimum Gasteiger partial charge on any atom is -0.406 e. The van der Waals surface area contributed by atoms with Crippen LogP contribution in [0.4, 0.5) is 23.7 Å². The van der Waals surface area contributed by atoms with E-state index in [0.717, 1.165) is 27.9 Å². The van der Waals surface area contributed by atoms with Gasteiger partial charge in [0, 0.05) is 12.1 Å². The van der Waals surface area contributed by atoms with E-state index in [-0.39, 0.29) is 23.3 Å². The third-order valence-electron chi connectivity index (χ3n) is 6.94. The number of aromatic nitrogens is 3. The first-order valence-corrected chi connectivity index (χ1v) is 15.3. The van der Waals surface area contributed by atoms with Crippen LogP contribution in [0.25, 0.3) is 17.1 Å². The Bertz CT molecular complexity index is 1720. The molecule has 1 saturated heterocycles. The largest absolute Gasteiger partial charge is 0.573 e. The molecular formula is C32H31F3N6O3S. The summed E-state index contributed by atoms with van der Waals surface area (Å²) in [4.78, 5) is 35.6. The highest BCUT2D eigenvalue weighted by atomic mass is 32.2. The van der Waals surface area contributed by atoms with Gasteiger partial charge in [-0.3, -0.25) is 9.69 Å². The van der Waals surface area contributed by atoms with Gasteiger partial charge in [-0.1, -0.05) is 55.9 Å². The fraction of sp³-hybridized carbons (Fsp3) is 0.281. The molecule has 234 valence electrons. The second kappa shape index (κ2) is 13.6. The molecule has 1 aromatic heterocycles. The number of halogens is 3. The van der Waals surface area contributed by atoms with Gasteiger partial charge < -0.3 is 10.1 Å². The summed E-state index contributed by atoms with van der Waals surface area (Å²) in [6.07, 6.45) is -1.95. The molecule has 2 heterocycles. The predicted molar refractivity (Wildman–Crippen MR) is 168 cm³/mol. The number of amidine groups is 1. The highest BCUT2D eigenvalue weighted by Crippen LogP contribution is 2.34. The predicted octanol–water partition coefficient (Wildman–Crippen LogP) is 7.04. The Morgan fingerprint density at radius 3 is 2.62 bits per heavy atom. The summed E-state index contributed by atoms with van der Waals surface area (Å²) in [5.74, 6) is 0.455. The summed E-state index contributed by atoms with van der Waals surface area (Å²) in [7, 11) is 0. The van der Waals surface area contributed by atoms with E-state index < -0.39 is 12.4 Å². The maximum Gasteiger partial charge on any atom is 0.573 e. The number of hydrogen-bond acceptors (Lipinski definition) is 6. The molecule has 45 heavy (non-hydrogen) atoms. The van der Waals surface area contributed by atoms with Gasteiger partial charge in [0.15, 0.2) is 11.0 Å². The number of alkyl halides is 3. The molecule has 0 unspecified atom stereocenters. The van der Waals surface area contributed by atoms with Crippen LogP contribution in [-0.4, -0.2) is 50.5 Å². The summed E-state index contributed by atoms with van der Waals surface area (Å²) >= 11 is 1.25. The summed E-state index contributed by atoms with van der Waals surface area (Å²) < 4.78 is 42.7. The van der Waals surface area contributed by atoms with E-state index in [9.17, 15) is 22.8 Å². The Hall–Kier alpha value is -4.65. The molecule has 1 aliphatic heterocycles. The molecule has 13 heteroatoms. The summed E-state index contributed by atoms with van der Waals surface area (Å²) in [6.45, 7) is 6.48. The first-order chi connectivity index (χ1) is 21.5. The lowest BCUT2D eigenvalue weighted by atomic mass is 9.99. The zero-order valence-electron chi connectivity index (χ0n) is 24.8. The maximum absolute atomic E-state index is 12.8. The minimum absolute atomic E-state index is 0.105. The first-order valence-electron chi connectivity index (χ1n) is 14.3. The zero-order valence-corrected chi connectivity index (χ0v) is 25.7. The van der Waals surface area contributed by atoms with Crippen molar-refractivity contribution in [2.75, 3.05) is 17.2 Å². The Kier molecular flexibility index (Phi) is 9.57. The number of aliphatic imine (C=N–C) groups is 1. The number of anilines is 1. The van der Waals surface area contributed by atoms with Crippen molar-refractivity contribution in [1.82, 2.24) is 20.1 Å². The monoisotopic (exact) mass is 636 g/mol. The van der Waals surface area contributed by atoms with Crippen LogP contribution in [0.3, 0.4) is 0 Å². The molecule has 5 rings (SSSR count). The highest BCUT2D eigenvalue weighted by Gasteiger charge is 2.33. The summed E-state index contributed by atoms with van der Waals surface area (Å²) in [5, 5.41) is 7.65. The van der Waals surface area contributed by atoms with E-state index in [1.54, 1.807) is 4.90 Å². The molecule has 3 amide bonds. The number of benzene rings is 3. The molecule has 1 aliphatic rings. The number of nitrogens with zero attached hydrogens (tertiary/aromatic N) is 5. The van der Waals surface area contributed by atoms with Crippen LogP contribution in [-0.2, 0) is 11.2 Å². The quantitative estimate of drug-likeness (QED) is 0.198. The van der Waals surface area contributed by atoms with E-state index in [1.807, 2.05) is 49.4 Å². The Morgan fingerprint density at radius 2 is 1.89 bits per heavy atom. The topological polar surface area (TPSA) is 102 Å². The van der Waals surface area contributed by atoms with Crippen LogP contribution in [0.15, 0.2) is 78.0 Å². The van der Waals surface area contributed by atoms with Crippen molar-refractivity contribution in [3.8, 4) is 22.8 Å². The average Bonchev–Trinajstić information content (AvgIpc) is 3.62. The van der Waals surface area contributed by atoms with E-state index in [4.69, 9.17) is 0 Å². The number of thioether (sulfide) groups is 1. The molecule has 0 bridgehead atoms. The van der Waals surface area contributed by atoms with Gasteiger partial charge in [0.1, 0.15) is 12.1 Å². The third kappa shape index (κ3) is 8.09. The van der Waals surface area contributed by atoms with Crippen LogP contribution < -0.4 is 15.0 Å². The molecule has 0 atom stereocenters. The summed E-state index contributed by atoms with van der Waals surface area (Å²) in [6, 6.07) is 18.5. The van der Waals surface area contributed by atoms with Crippen LogP contribution in [0, 0.1) is 6.92 Å². The number of urea groups is 1. The van der Waals surface area contributed by atoms with E-state index >= 15 is 0 Å². The highest BCUT2D eigenvalue weighted by molar-refractivity contribution is 8.15. The Balaban J connectivity index is 1.17. The van der Waals surface area contributed by atoms with Gasteiger partial charge in [-0.15, -0.1) is 18.3 Å². The molecule has 0 radical (unpaired) electrons. The number of ether oxygens (including phenoxy) is 1. The smallest absolute Gasteiger partial charge is 0.406 e. The molecule has 9 nitrogen and oxygen atoms in total. The Morgan fingerprint density at radius 1 is 1.11 bits per heavy atom. The zero-order chi connectivity index (χ0) is 32.1. The molecule has 3 aromatic carbocycles. The second-order valence-corrected chi connectivity index (χ2v) is 11.7. The van der Waals surface area contributed by atoms with Gasteiger partial charge >= 0.3 is 12.4 Å². The molecule has 1 N–H and O–H groups in total. The van der Waals surface area contributed by atoms with Crippen molar-refractivity contribution < 1.29 is 27.5 Å². The van der Waals surface area contributed by atoms with Gasteiger partial charge in [0.2, 0.25) is 5.91 Å². The van der Waals surface area contributed by atoms with Crippen molar-refractivity contribution in [1.29, 1.82) is 0 Å². The first kappa shape index (κ1) is 31.8. The van der Waals surface area contributed by atoms with Gasteiger partial charge in [-0.25, -0.2) is 14.5 Å². The van der Waals surface area contributed by atoms with E-state index in [0.29, 0.717) is 36.1 Å². The van der Waals surface area contributed by atoms with Gasteiger partial charge in [-0.2, -0.15) is 4.99 Å². The summed E-state index contributed by atoms with van der Waals surface area (Å²) in [5.41, 5.74) is 5.12.